The van der Waals surface area contributed by atoms with Crippen LogP contribution in [0.4, 0.5) is 5.69 Å². The van der Waals surface area contributed by atoms with Crippen LogP contribution in [0.2, 0.25) is 0 Å². The molecule has 0 spiro atoms. The first-order valence-electron chi connectivity index (χ1n) is 7.45. The zero-order valence-electron chi connectivity index (χ0n) is 13.9. The maximum Gasteiger partial charge on any atom is 0.228 e. The van der Waals surface area contributed by atoms with Crippen LogP contribution < -0.4 is 10.1 Å². The lowest BCUT2D eigenvalue weighted by Gasteiger charge is -2.12. The van der Waals surface area contributed by atoms with Gasteiger partial charge < -0.3 is 10.1 Å². The lowest BCUT2D eigenvalue weighted by atomic mass is 10.0. The molecule has 0 fully saturated rings. The third-order valence-corrected chi connectivity index (χ3v) is 3.69. The van der Waals surface area contributed by atoms with E-state index < -0.39 is 0 Å². The summed E-state index contributed by atoms with van der Waals surface area (Å²) in [7, 11) is 1.55. The van der Waals surface area contributed by atoms with Gasteiger partial charge in [0.2, 0.25) is 5.91 Å². The van der Waals surface area contributed by atoms with Crippen molar-refractivity contribution in [1.29, 1.82) is 0 Å². The standard InChI is InChI=1S/C19H21NO3/c1-12-5-7-17(13(2)9-12)20-19(22)11-16-10-15(14(3)21)6-8-18(16)23-4/h5-10H,11H2,1-4H3,(H,20,22). The number of benzene rings is 2. The fourth-order valence-electron chi connectivity index (χ4n) is 2.46. The Morgan fingerprint density at radius 2 is 1.83 bits per heavy atom. The molecule has 0 unspecified atom stereocenters. The van der Waals surface area contributed by atoms with Crippen molar-refractivity contribution in [2.75, 3.05) is 12.4 Å². The summed E-state index contributed by atoms with van der Waals surface area (Å²) in [5, 5.41) is 2.91. The number of carbonyl (C=O) groups is 2. The lowest BCUT2D eigenvalue weighted by Crippen LogP contribution is -2.16. The molecule has 4 nitrogen and oxygen atoms in total. The monoisotopic (exact) mass is 311 g/mol. The lowest BCUT2D eigenvalue weighted by molar-refractivity contribution is -0.115. The molecule has 0 aliphatic rings. The van der Waals surface area contributed by atoms with Gasteiger partial charge >= 0.3 is 0 Å². The topological polar surface area (TPSA) is 55.4 Å². The number of amides is 1. The number of carbonyl (C=O) groups excluding carboxylic acids is 2. The van der Waals surface area contributed by atoms with E-state index in [1.807, 2.05) is 32.0 Å². The summed E-state index contributed by atoms with van der Waals surface area (Å²) < 4.78 is 5.28. The molecule has 1 amide bonds. The number of methoxy groups -OCH3 is 1. The normalized spacial score (nSPS) is 10.3. The minimum atomic E-state index is -0.143. The molecule has 0 bridgehead atoms. The van der Waals surface area contributed by atoms with Crippen molar-refractivity contribution in [3.8, 4) is 5.75 Å². The smallest absolute Gasteiger partial charge is 0.228 e. The maximum absolute atomic E-state index is 12.3. The van der Waals surface area contributed by atoms with Gasteiger partial charge in [-0.1, -0.05) is 17.7 Å². The Hall–Kier alpha value is -2.62. The van der Waals surface area contributed by atoms with Crippen LogP contribution in [-0.4, -0.2) is 18.8 Å². The summed E-state index contributed by atoms with van der Waals surface area (Å²) in [4.78, 5) is 23.8. The van der Waals surface area contributed by atoms with Crippen molar-refractivity contribution in [3.63, 3.8) is 0 Å². The summed E-state index contributed by atoms with van der Waals surface area (Å²) in [5.41, 5.74) is 4.23. The molecule has 2 rings (SSSR count). The molecule has 0 atom stereocenters. The minimum absolute atomic E-state index is 0.0382. The first-order chi connectivity index (χ1) is 10.9. The molecular weight excluding hydrogens is 290 g/mol. The third kappa shape index (κ3) is 4.19. The van der Waals surface area contributed by atoms with Gasteiger partial charge in [0.05, 0.1) is 13.5 Å². The van der Waals surface area contributed by atoms with E-state index in [-0.39, 0.29) is 18.1 Å². The van der Waals surface area contributed by atoms with E-state index in [4.69, 9.17) is 4.74 Å². The fraction of sp³-hybridized carbons (Fsp3) is 0.263. The second-order valence-electron chi connectivity index (χ2n) is 5.63. The van der Waals surface area contributed by atoms with E-state index in [1.165, 1.54) is 6.92 Å². The van der Waals surface area contributed by atoms with Gasteiger partial charge in [0, 0.05) is 16.8 Å². The molecule has 2 aromatic carbocycles. The number of nitrogens with one attached hydrogen (secondary N) is 1. The van der Waals surface area contributed by atoms with Crippen LogP contribution in [0.1, 0.15) is 34.0 Å². The van der Waals surface area contributed by atoms with Crippen LogP contribution in [0.5, 0.6) is 5.75 Å². The Morgan fingerprint density at radius 3 is 2.43 bits per heavy atom. The van der Waals surface area contributed by atoms with E-state index in [2.05, 4.69) is 5.32 Å². The van der Waals surface area contributed by atoms with Crippen LogP contribution in [0.25, 0.3) is 0 Å². The Labute approximate surface area is 136 Å². The van der Waals surface area contributed by atoms with Crippen molar-refractivity contribution in [2.45, 2.75) is 27.2 Å². The van der Waals surface area contributed by atoms with E-state index >= 15 is 0 Å². The molecule has 120 valence electrons. The fourth-order valence-corrected chi connectivity index (χ4v) is 2.46. The number of aryl methyl sites for hydroxylation is 2. The second kappa shape index (κ2) is 7.09. The Kier molecular flexibility index (Phi) is 5.16. The van der Waals surface area contributed by atoms with E-state index in [9.17, 15) is 9.59 Å². The maximum atomic E-state index is 12.3. The molecule has 0 saturated heterocycles. The molecule has 0 aliphatic heterocycles. The van der Waals surface area contributed by atoms with Crippen molar-refractivity contribution < 1.29 is 14.3 Å². The Balaban J connectivity index is 2.19. The molecule has 2 aromatic rings. The van der Waals surface area contributed by atoms with Crippen LogP contribution >= 0.6 is 0 Å². The molecular formula is C19H21NO3. The van der Waals surface area contributed by atoms with Crippen molar-refractivity contribution >= 4 is 17.4 Å². The zero-order chi connectivity index (χ0) is 17.0. The van der Waals surface area contributed by atoms with E-state index in [0.29, 0.717) is 16.9 Å². The van der Waals surface area contributed by atoms with Gasteiger partial charge in [0.25, 0.3) is 0 Å². The largest absolute Gasteiger partial charge is 0.496 e. The van der Waals surface area contributed by atoms with Crippen molar-refractivity contribution in [3.05, 3.63) is 58.7 Å². The Morgan fingerprint density at radius 1 is 1.09 bits per heavy atom. The van der Waals surface area contributed by atoms with Gasteiger partial charge in [0.15, 0.2) is 5.78 Å². The van der Waals surface area contributed by atoms with Gasteiger partial charge in [-0.25, -0.2) is 0 Å². The first kappa shape index (κ1) is 16.7. The summed E-state index contributed by atoms with van der Waals surface area (Å²) in [6.07, 6.45) is 0.150. The molecule has 23 heavy (non-hydrogen) atoms. The van der Waals surface area contributed by atoms with Crippen LogP contribution in [0, 0.1) is 13.8 Å². The van der Waals surface area contributed by atoms with Gasteiger partial charge in [-0.3, -0.25) is 9.59 Å². The van der Waals surface area contributed by atoms with Crippen LogP contribution in [-0.2, 0) is 11.2 Å². The molecule has 0 heterocycles. The van der Waals surface area contributed by atoms with E-state index in [1.54, 1.807) is 25.3 Å². The minimum Gasteiger partial charge on any atom is -0.496 e. The first-order valence-corrected chi connectivity index (χ1v) is 7.45. The molecule has 0 aliphatic carbocycles. The van der Waals surface area contributed by atoms with Gasteiger partial charge in [-0.15, -0.1) is 0 Å². The number of anilines is 1. The average molecular weight is 311 g/mol. The van der Waals surface area contributed by atoms with Gasteiger partial charge in [-0.05, 0) is 50.6 Å². The molecule has 0 saturated carbocycles. The zero-order valence-corrected chi connectivity index (χ0v) is 13.9. The summed E-state index contributed by atoms with van der Waals surface area (Å²) >= 11 is 0. The van der Waals surface area contributed by atoms with Crippen molar-refractivity contribution in [2.24, 2.45) is 0 Å². The predicted molar refractivity (Wildman–Crippen MR) is 91.2 cm³/mol. The number of hydrogen-bond acceptors (Lipinski definition) is 3. The van der Waals surface area contributed by atoms with Crippen LogP contribution in [0.15, 0.2) is 36.4 Å². The highest BCUT2D eigenvalue weighted by Gasteiger charge is 2.12. The second-order valence-corrected chi connectivity index (χ2v) is 5.63. The average Bonchev–Trinajstić information content (AvgIpc) is 2.50. The summed E-state index contributed by atoms with van der Waals surface area (Å²) in [6, 6.07) is 11.0. The third-order valence-electron chi connectivity index (χ3n) is 3.69. The van der Waals surface area contributed by atoms with E-state index in [0.717, 1.165) is 16.8 Å². The predicted octanol–water partition coefficient (Wildman–Crippen LogP) is 3.70. The number of ketones is 1. The van der Waals surface area contributed by atoms with Crippen LogP contribution in [0.3, 0.4) is 0 Å². The molecule has 1 N–H and O–H groups in total. The quantitative estimate of drug-likeness (QED) is 0.857. The number of Topliss-reactive ketones (excluding diaryl/α,β-unsaturated/α-hetero) is 1. The highest BCUT2D eigenvalue weighted by molar-refractivity contribution is 5.96. The number of rotatable bonds is 5. The summed E-state index contributed by atoms with van der Waals surface area (Å²) in [5.74, 6) is 0.422. The highest BCUT2D eigenvalue weighted by Crippen LogP contribution is 2.22. The highest BCUT2D eigenvalue weighted by atomic mass is 16.5. The molecule has 0 aromatic heterocycles. The number of ether oxygens (including phenoxy) is 1. The Bertz CT molecular complexity index is 750. The van der Waals surface area contributed by atoms with Gasteiger partial charge in [0.1, 0.15) is 5.75 Å². The number of hydrogen-bond donors (Lipinski definition) is 1. The SMILES string of the molecule is COc1ccc(C(C)=O)cc1CC(=O)Nc1ccc(C)cc1C. The van der Waals surface area contributed by atoms with Crippen molar-refractivity contribution in [1.82, 2.24) is 0 Å². The summed E-state index contributed by atoms with van der Waals surface area (Å²) in [6.45, 7) is 5.47. The molecule has 4 heteroatoms. The van der Waals surface area contributed by atoms with Gasteiger partial charge in [-0.2, -0.15) is 0 Å². The molecule has 0 radical (unpaired) electrons.